The van der Waals surface area contributed by atoms with Gasteiger partial charge in [-0.25, -0.2) is 0 Å². The van der Waals surface area contributed by atoms with E-state index in [1.165, 1.54) is 10.5 Å². The highest BCUT2D eigenvalue weighted by atomic mass is 35.5. The van der Waals surface area contributed by atoms with Gasteiger partial charge in [0.1, 0.15) is 0 Å². The van der Waals surface area contributed by atoms with Crippen LogP contribution in [0.3, 0.4) is 0 Å². The van der Waals surface area contributed by atoms with Crippen LogP contribution in [0.1, 0.15) is 12.0 Å². The second-order valence-electron chi connectivity index (χ2n) is 4.84. The molecule has 20 heavy (non-hydrogen) atoms. The number of anilines is 1. The number of carboxylic acid groups (broad SMARTS) is 1. The lowest BCUT2D eigenvalue weighted by Crippen LogP contribution is -2.42. The lowest BCUT2D eigenvalue weighted by atomic mass is 10.0. The molecule has 0 saturated heterocycles. The number of amides is 1. The Morgan fingerprint density at radius 3 is 2.70 bits per heavy atom. The average Bonchev–Trinajstić information content (AvgIpc) is 2.36. The van der Waals surface area contributed by atoms with Gasteiger partial charge in [-0.15, -0.1) is 12.4 Å². The quantitative estimate of drug-likeness (QED) is 0.913. The van der Waals surface area contributed by atoms with Crippen LogP contribution in [0.5, 0.6) is 0 Å². The van der Waals surface area contributed by atoms with E-state index >= 15 is 0 Å². The number of carboxylic acids is 1. The van der Waals surface area contributed by atoms with Gasteiger partial charge >= 0.3 is 5.97 Å². The summed E-state index contributed by atoms with van der Waals surface area (Å²) in [5.41, 5.74) is 2.14. The molecule has 1 aliphatic heterocycles. The van der Waals surface area contributed by atoms with Crippen molar-refractivity contribution in [2.24, 2.45) is 0 Å². The summed E-state index contributed by atoms with van der Waals surface area (Å²) in [4.78, 5) is 26.1. The van der Waals surface area contributed by atoms with Gasteiger partial charge in [-0.2, -0.15) is 0 Å². The topological polar surface area (TPSA) is 60.9 Å². The fourth-order valence-electron chi connectivity index (χ4n) is 2.40. The number of fused-ring (bicyclic) bond motifs is 1. The summed E-state index contributed by atoms with van der Waals surface area (Å²) in [6.45, 7) is 0.707. The molecular formula is C14H19ClN2O3. The van der Waals surface area contributed by atoms with E-state index in [-0.39, 0.29) is 31.4 Å². The largest absolute Gasteiger partial charge is 0.480 e. The molecule has 110 valence electrons. The van der Waals surface area contributed by atoms with E-state index in [1.807, 2.05) is 24.3 Å². The summed E-state index contributed by atoms with van der Waals surface area (Å²) < 4.78 is 0. The van der Waals surface area contributed by atoms with Gasteiger partial charge in [0.25, 0.3) is 0 Å². The Morgan fingerprint density at radius 1 is 1.30 bits per heavy atom. The molecule has 0 radical (unpaired) electrons. The van der Waals surface area contributed by atoms with Gasteiger partial charge in [-0.1, -0.05) is 18.2 Å². The Morgan fingerprint density at radius 2 is 2.00 bits per heavy atom. The van der Waals surface area contributed by atoms with Crippen LogP contribution in [0.15, 0.2) is 24.3 Å². The molecule has 0 aromatic heterocycles. The number of rotatable bonds is 4. The van der Waals surface area contributed by atoms with Crippen LogP contribution < -0.4 is 4.90 Å². The molecule has 2 rings (SSSR count). The van der Waals surface area contributed by atoms with E-state index in [9.17, 15) is 9.59 Å². The van der Waals surface area contributed by atoms with Crippen LogP contribution in [-0.4, -0.2) is 48.6 Å². The molecule has 0 bridgehead atoms. The van der Waals surface area contributed by atoms with E-state index in [0.29, 0.717) is 6.54 Å². The van der Waals surface area contributed by atoms with Crippen LogP contribution in [0.25, 0.3) is 0 Å². The summed E-state index contributed by atoms with van der Waals surface area (Å²) in [7, 11) is 1.64. The zero-order chi connectivity index (χ0) is 13.8. The van der Waals surface area contributed by atoms with E-state index in [0.717, 1.165) is 18.5 Å². The minimum absolute atomic E-state index is 0. The third kappa shape index (κ3) is 3.95. The Bertz CT molecular complexity index is 493. The van der Waals surface area contributed by atoms with E-state index < -0.39 is 5.97 Å². The first kappa shape index (κ1) is 16.5. The van der Waals surface area contributed by atoms with Gasteiger partial charge in [-0.05, 0) is 31.5 Å². The number of carbonyl (C=O) groups excluding carboxylic acids is 1. The van der Waals surface area contributed by atoms with E-state index in [1.54, 1.807) is 11.9 Å². The highest BCUT2D eigenvalue weighted by Crippen LogP contribution is 2.26. The van der Waals surface area contributed by atoms with Gasteiger partial charge in [0.2, 0.25) is 5.91 Å². The predicted octanol–water partition coefficient (Wildman–Crippen LogP) is 1.40. The number of aryl methyl sites for hydroxylation is 1. The van der Waals surface area contributed by atoms with Crippen molar-refractivity contribution >= 4 is 30.0 Å². The van der Waals surface area contributed by atoms with Gasteiger partial charge in [0.15, 0.2) is 0 Å². The van der Waals surface area contributed by atoms with E-state index in [4.69, 9.17) is 5.11 Å². The zero-order valence-electron chi connectivity index (χ0n) is 11.4. The minimum atomic E-state index is -0.922. The van der Waals surface area contributed by atoms with Crippen molar-refractivity contribution in [3.63, 3.8) is 0 Å². The SMILES string of the molecule is CN(CC(=O)O)CC(=O)N1CCCc2ccccc21.Cl. The maximum Gasteiger partial charge on any atom is 0.317 e. The average molecular weight is 299 g/mol. The zero-order valence-corrected chi connectivity index (χ0v) is 12.2. The number of aliphatic carboxylic acids is 1. The molecule has 0 atom stereocenters. The summed E-state index contributed by atoms with van der Waals surface area (Å²) >= 11 is 0. The molecular weight excluding hydrogens is 280 g/mol. The Balaban J connectivity index is 0.00000200. The standard InChI is InChI=1S/C14H18N2O3.ClH/c1-15(10-14(18)19)9-13(17)16-8-4-6-11-5-2-3-7-12(11)16;/h2-3,5,7H,4,6,8-10H2,1H3,(H,18,19);1H. The molecule has 0 aliphatic carbocycles. The van der Waals surface area contributed by atoms with Gasteiger partial charge < -0.3 is 10.0 Å². The fraction of sp³-hybridized carbons (Fsp3) is 0.429. The number of benzene rings is 1. The smallest absolute Gasteiger partial charge is 0.317 e. The van der Waals surface area contributed by atoms with Crippen LogP contribution in [0.2, 0.25) is 0 Å². The first-order chi connectivity index (χ1) is 9.08. The molecule has 0 fully saturated rings. The molecule has 1 aromatic rings. The highest BCUT2D eigenvalue weighted by Gasteiger charge is 2.23. The number of hydrogen-bond acceptors (Lipinski definition) is 3. The second kappa shape index (κ2) is 7.26. The van der Waals surface area contributed by atoms with Crippen LogP contribution in [-0.2, 0) is 16.0 Å². The molecule has 0 unspecified atom stereocenters. The first-order valence-electron chi connectivity index (χ1n) is 6.36. The normalized spacial score (nSPS) is 13.6. The molecule has 5 nitrogen and oxygen atoms in total. The first-order valence-corrected chi connectivity index (χ1v) is 6.36. The Labute approximate surface area is 124 Å². The van der Waals surface area contributed by atoms with E-state index in [2.05, 4.69) is 0 Å². The molecule has 1 heterocycles. The van der Waals surface area contributed by atoms with Gasteiger partial charge in [0.05, 0.1) is 13.1 Å². The molecule has 6 heteroatoms. The van der Waals surface area contributed by atoms with Crippen molar-refractivity contribution in [1.29, 1.82) is 0 Å². The van der Waals surface area contributed by atoms with Crippen molar-refractivity contribution in [2.75, 3.05) is 31.6 Å². The van der Waals surface area contributed by atoms with Crippen molar-refractivity contribution in [1.82, 2.24) is 4.90 Å². The van der Waals surface area contributed by atoms with Crippen LogP contribution in [0.4, 0.5) is 5.69 Å². The maximum atomic E-state index is 12.2. The van der Waals surface area contributed by atoms with Crippen LogP contribution in [0, 0.1) is 0 Å². The predicted molar refractivity (Wildman–Crippen MR) is 79.5 cm³/mol. The summed E-state index contributed by atoms with van der Waals surface area (Å²) in [5, 5.41) is 8.70. The van der Waals surface area contributed by atoms with Crippen molar-refractivity contribution in [2.45, 2.75) is 12.8 Å². The lowest BCUT2D eigenvalue weighted by molar-refractivity contribution is -0.138. The fourth-order valence-corrected chi connectivity index (χ4v) is 2.40. The number of halogens is 1. The minimum Gasteiger partial charge on any atom is -0.480 e. The summed E-state index contributed by atoms with van der Waals surface area (Å²) in [6.07, 6.45) is 1.94. The Hall–Kier alpha value is -1.59. The maximum absolute atomic E-state index is 12.2. The molecule has 0 spiro atoms. The van der Waals surface area contributed by atoms with Crippen molar-refractivity contribution < 1.29 is 14.7 Å². The van der Waals surface area contributed by atoms with Crippen molar-refractivity contribution in [3.05, 3.63) is 29.8 Å². The van der Waals surface area contributed by atoms with Gasteiger partial charge in [-0.3, -0.25) is 14.5 Å². The van der Waals surface area contributed by atoms with Crippen LogP contribution >= 0.6 is 12.4 Å². The highest BCUT2D eigenvalue weighted by molar-refractivity contribution is 5.96. The van der Waals surface area contributed by atoms with Crippen molar-refractivity contribution in [3.8, 4) is 0 Å². The number of carbonyl (C=O) groups is 2. The molecule has 0 saturated carbocycles. The monoisotopic (exact) mass is 298 g/mol. The summed E-state index contributed by atoms with van der Waals surface area (Å²) in [6, 6.07) is 7.88. The van der Waals surface area contributed by atoms with Gasteiger partial charge in [0, 0.05) is 12.2 Å². The molecule has 1 amide bonds. The summed E-state index contributed by atoms with van der Waals surface area (Å²) in [5.74, 6) is -0.967. The number of para-hydroxylation sites is 1. The number of likely N-dealkylation sites (N-methyl/N-ethyl adjacent to an activating group) is 1. The Kier molecular flexibility index (Phi) is 5.98. The second-order valence-corrected chi connectivity index (χ2v) is 4.84. The third-order valence-electron chi connectivity index (χ3n) is 3.22. The molecule has 1 aliphatic rings. The number of hydrogen-bond donors (Lipinski definition) is 1. The molecule has 1 N–H and O–H groups in total. The third-order valence-corrected chi connectivity index (χ3v) is 3.22. The lowest BCUT2D eigenvalue weighted by Gasteiger charge is -2.30. The number of nitrogens with zero attached hydrogens (tertiary/aromatic N) is 2. The molecule has 1 aromatic carbocycles.